The van der Waals surface area contributed by atoms with E-state index in [-0.39, 0.29) is 30.8 Å². The van der Waals surface area contributed by atoms with Crippen LogP contribution < -0.4 is 49.0 Å². The third-order valence-electron chi connectivity index (χ3n) is 26.5. The maximum Gasteiger partial charge on any atom is 0.212 e. The molecule has 115 heavy (non-hydrogen) atoms. The maximum absolute atomic E-state index is 7.60. The van der Waals surface area contributed by atoms with Gasteiger partial charge in [-0.3, -0.25) is 0 Å². The monoisotopic (exact) mass is 1530 g/mol. The van der Waals surface area contributed by atoms with Crippen molar-refractivity contribution in [2.24, 2.45) is 0 Å². The normalized spacial score (nSPS) is 16.5. The van der Waals surface area contributed by atoms with Crippen molar-refractivity contribution in [1.82, 2.24) is 0 Å². The number of benzene rings is 10. The second-order valence-electron chi connectivity index (χ2n) is 32.3. The summed E-state index contributed by atoms with van der Waals surface area (Å²) in [5.41, 5.74) is 46.7. The van der Waals surface area contributed by atoms with Gasteiger partial charge in [0.1, 0.15) is 30.8 Å². The average molecular weight is 1530 g/mol. The topological polar surface area (TPSA) is 54.2 Å². The first-order valence-corrected chi connectivity index (χ1v) is 39.9. The highest BCUT2D eigenvalue weighted by Crippen LogP contribution is 2.57. The van der Waals surface area contributed by atoms with Crippen LogP contribution >= 0.6 is 0 Å². The van der Waals surface area contributed by atoms with Gasteiger partial charge in [0.05, 0.1) is 89.7 Å². The summed E-state index contributed by atoms with van der Waals surface area (Å²) >= 11 is 0. The number of rotatable bonds is 5. The van der Waals surface area contributed by atoms with Gasteiger partial charge in [0.2, 0.25) is 28.4 Å². The van der Waals surface area contributed by atoms with Crippen molar-refractivity contribution >= 4 is 114 Å². The summed E-state index contributed by atoms with van der Waals surface area (Å²) in [5.74, 6) is 0. The van der Waals surface area contributed by atoms with E-state index in [1.807, 2.05) is 60.7 Å². The van der Waals surface area contributed by atoms with E-state index in [0.717, 1.165) is 73.9 Å². The molecule has 0 saturated heterocycles. The van der Waals surface area contributed by atoms with Crippen LogP contribution in [0.1, 0.15) is 146 Å². The lowest BCUT2D eigenvalue weighted by Gasteiger charge is -2.33. The molecule has 0 bridgehead atoms. The van der Waals surface area contributed by atoms with E-state index >= 15 is 0 Å². The van der Waals surface area contributed by atoms with Gasteiger partial charge in [0.25, 0.3) is 0 Å². The van der Waals surface area contributed by atoms with Crippen molar-refractivity contribution < 1.29 is 0 Å². The van der Waals surface area contributed by atoms with Gasteiger partial charge < -0.3 is 49.0 Å². The first-order chi connectivity index (χ1) is 54.4. The molecule has 5 aliphatic heterocycles. The van der Waals surface area contributed by atoms with Crippen LogP contribution in [0.25, 0.3) is 24.2 Å². The van der Waals surface area contributed by atoms with E-state index < -0.39 is 0 Å². The molecule has 0 aliphatic carbocycles. The highest BCUT2D eigenvalue weighted by molar-refractivity contribution is 5.99. The SMILES string of the molecule is [C-]#[N+]c1cccc2c1N(c1c(C)c(C)c(C)c(C)c1C)[C@@H](C)N2C.[C-]#[N+]c1cccc2c1N(c1c(C)c(C)cc(C)c1C)[C@@H](C)N2C.[C-]#[N+]c1cccc2c1N(c1c(C)cc(C)c(C)c1C)[C@@H](C)N2C.[C-]#[N+]c1cccc2c1N(c1c(C)ccc(C)c1C)[C@@H](C)N2C.[C-]#[N+]c1cccc2c1N(c1cc(C)c(C)c(C)c1C)[C@@H](C)N2C. The van der Waals surface area contributed by atoms with Crippen molar-refractivity contribution in [2.75, 3.05) is 84.2 Å². The van der Waals surface area contributed by atoms with Gasteiger partial charge in [-0.15, -0.1) is 0 Å². The Hall–Kier alpha value is -12.4. The standard InChI is InChI=1S/C21H25N3.3C20H23N3.C19H21N3/c1-12-13(2)15(4)20(16(5)14(12)3)24-17(6)23(8)19-11-9-10-18(22-7)21(19)24;1-12-11-19(15(4)14(3)13(12)2)23-16(5)22(7)18-10-8-9-17(21-6)20(18)23;1-12-11-13(2)19(15(4)14(12)3)23-16(5)22(7)18-10-8-9-17(21-6)20(18)23;1-12-11-13(2)15(4)19(14(12)3)23-16(5)22(7)18-10-8-9-17(21-6)20(18)23;1-12-10-11-13(2)18(14(12)3)22-15(4)21(6)17-9-7-8-16(20-5)19(17)22/h9-11,17H,1-6,8H3;3*8-11,16H,1-5,7H3;7-11,15H,1-4,6H3/t17-;3*16-;15-/m00000/s1. The second kappa shape index (κ2) is 32.6. The third-order valence-corrected chi connectivity index (χ3v) is 26.5. The number of hydrogen-bond donors (Lipinski definition) is 0. The van der Waals surface area contributed by atoms with Gasteiger partial charge in [-0.05, 0) is 321 Å². The Balaban J connectivity index is 0.000000142. The molecule has 0 saturated carbocycles. The minimum absolute atomic E-state index is 0.182. The molecule has 0 radical (unpaired) electrons. The van der Waals surface area contributed by atoms with E-state index in [1.54, 1.807) is 0 Å². The van der Waals surface area contributed by atoms with Crippen molar-refractivity contribution in [3.63, 3.8) is 0 Å². The Morgan fingerprint density at radius 2 is 0.426 bits per heavy atom. The van der Waals surface area contributed by atoms with E-state index in [2.05, 4.69) is 342 Å². The van der Waals surface area contributed by atoms with Crippen LogP contribution in [0.4, 0.5) is 114 Å². The zero-order chi connectivity index (χ0) is 84.4. The van der Waals surface area contributed by atoms with Crippen LogP contribution in [0.5, 0.6) is 0 Å². The number of nitrogens with zero attached hydrogens (tertiary/aromatic N) is 15. The number of anilines is 15. The molecule has 0 amide bonds. The molecule has 0 spiro atoms. The van der Waals surface area contributed by atoms with Gasteiger partial charge in [0.15, 0.2) is 0 Å². The zero-order valence-electron chi connectivity index (χ0n) is 73.6. The highest BCUT2D eigenvalue weighted by Gasteiger charge is 2.41. The van der Waals surface area contributed by atoms with Crippen molar-refractivity contribution in [2.45, 2.75) is 204 Å². The molecule has 0 unspecified atom stereocenters. The Bertz CT molecular complexity index is 5730. The van der Waals surface area contributed by atoms with Gasteiger partial charge in [-0.25, -0.2) is 24.2 Å². The van der Waals surface area contributed by atoms with Gasteiger partial charge in [-0.2, -0.15) is 0 Å². The predicted molar refractivity (Wildman–Crippen MR) is 490 cm³/mol. The fraction of sp³-hybridized carbons (Fsp3) is 0.350. The summed E-state index contributed by atoms with van der Waals surface area (Å²) < 4.78 is 0. The van der Waals surface area contributed by atoms with Crippen LogP contribution in [0.3, 0.4) is 0 Å². The number of hydrogen-bond acceptors (Lipinski definition) is 10. The molecule has 5 atom stereocenters. The molecule has 10 aromatic carbocycles. The first-order valence-electron chi connectivity index (χ1n) is 39.9. The molecule has 5 aliphatic rings. The van der Waals surface area contributed by atoms with E-state index in [1.165, 1.54) is 140 Å². The first kappa shape index (κ1) is 83.6. The Morgan fingerprint density at radius 1 is 0.200 bits per heavy atom. The highest BCUT2D eigenvalue weighted by atomic mass is 15.4. The van der Waals surface area contributed by atoms with Crippen LogP contribution in [0, 0.1) is 171 Å². The third kappa shape index (κ3) is 14.0. The lowest BCUT2D eigenvalue weighted by atomic mass is 9.92. The van der Waals surface area contributed by atoms with Crippen LogP contribution in [0.2, 0.25) is 0 Å². The molecule has 5 heterocycles. The molecule has 15 rings (SSSR count). The molecule has 15 heteroatoms. The summed E-state index contributed by atoms with van der Waals surface area (Å²) in [7, 11) is 10.5. The minimum Gasteiger partial charge on any atom is -0.354 e. The number of para-hydroxylation sites is 5. The van der Waals surface area contributed by atoms with Gasteiger partial charge in [-0.1, -0.05) is 84.9 Å². The summed E-state index contributed by atoms with van der Waals surface area (Å²) in [6.45, 7) is 92.4. The van der Waals surface area contributed by atoms with E-state index in [0.29, 0.717) is 11.4 Å². The quantitative estimate of drug-likeness (QED) is 0.156. The van der Waals surface area contributed by atoms with Crippen LogP contribution in [0.15, 0.2) is 121 Å². The van der Waals surface area contributed by atoms with Gasteiger partial charge >= 0.3 is 0 Å². The minimum atomic E-state index is 0.182. The summed E-state index contributed by atoms with van der Waals surface area (Å²) in [5, 5.41) is 0. The molecular weight excluding hydrogens is 1410 g/mol. The second-order valence-corrected chi connectivity index (χ2v) is 32.3. The largest absolute Gasteiger partial charge is 0.354 e. The van der Waals surface area contributed by atoms with E-state index in [9.17, 15) is 0 Å². The summed E-state index contributed by atoms with van der Waals surface area (Å²) in [4.78, 5) is 41.7. The molecule has 0 aromatic heterocycles. The van der Waals surface area contributed by atoms with Crippen LogP contribution in [-0.2, 0) is 0 Å². The maximum atomic E-state index is 7.60. The van der Waals surface area contributed by atoms with Crippen LogP contribution in [-0.4, -0.2) is 66.1 Å². The molecular formula is C100H115N15. The zero-order valence-corrected chi connectivity index (χ0v) is 73.6. The van der Waals surface area contributed by atoms with Crippen molar-refractivity contribution in [3.05, 3.63) is 290 Å². The Kier molecular flexibility index (Phi) is 23.7. The lowest BCUT2D eigenvalue weighted by molar-refractivity contribution is 0.730. The average Bonchev–Trinajstić information content (AvgIpc) is 1.65. The Morgan fingerprint density at radius 3 is 0.765 bits per heavy atom. The van der Waals surface area contributed by atoms with Gasteiger partial charge in [0, 0.05) is 63.7 Å². The molecule has 0 fully saturated rings. The lowest BCUT2D eigenvalue weighted by Crippen LogP contribution is -2.36. The van der Waals surface area contributed by atoms with Crippen molar-refractivity contribution in [1.29, 1.82) is 0 Å². The molecule has 590 valence electrons. The number of aryl methyl sites for hydroxylation is 7. The molecule has 0 N–H and O–H groups in total. The Labute approximate surface area is 687 Å². The fourth-order valence-electron chi connectivity index (χ4n) is 17.8. The molecule has 10 aromatic rings. The summed E-state index contributed by atoms with van der Waals surface area (Å²) in [6, 6.07) is 41.0. The fourth-order valence-corrected chi connectivity index (χ4v) is 17.8. The van der Waals surface area contributed by atoms with E-state index in [4.69, 9.17) is 32.9 Å². The predicted octanol–water partition coefficient (Wildman–Crippen LogP) is 27.0. The summed E-state index contributed by atoms with van der Waals surface area (Å²) in [6.07, 6.45) is 0.936. The smallest absolute Gasteiger partial charge is 0.212 e. The number of fused-ring (bicyclic) bond motifs is 5. The molecule has 15 nitrogen and oxygen atoms in total. The van der Waals surface area contributed by atoms with Crippen molar-refractivity contribution in [3.8, 4) is 0 Å².